The van der Waals surface area contributed by atoms with Crippen LogP contribution in [0.1, 0.15) is 15.9 Å². The molecule has 0 bridgehead atoms. The van der Waals surface area contributed by atoms with Gasteiger partial charge in [-0.15, -0.1) is 4.91 Å². The maximum atomic E-state index is 12.7. The van der Waals surface area contributed by atoms with E-state index in [4.69, 9.17) is 5.11 Å². The molecule has 0 aliphatic rings. The van der Waals surface area contributed by atoms with E-state index in [1.165, 1.54) is 14.1 Å². The lowest BCUT2D eigenvalue weighted by Gasteiger charge is -2.24. The zero-order chi connectivity index (χ0) is 20.7. The number of carbonyl (C=O) groups is 3. The zero-order valence-corrected chi connectivity index (χ0v) is 15.4. The number of hydrogen-bond donors (Lipinski definition) is 3. The van der Waals surface area contributed by atoms with Crippen LogP contribution in [-0.2, 0) is 16.2 Å². The number of carbonyl (C=O) groups excluding carboxylic acids is 3. The first-order valence-corrected chi connectivity index (χ1v) is 8.34. The summed E-state index contributed by atoms with van der Waals surface area (Å²) in [6, 6.07) is 12.4. The van der Waals surface area contributed by atoms with Crippen molar-refractivity contribution in [1.29, 1.82) is 0 Å². The minimum Gasteiger partial charge on any atom is -0.392 e. The number of amides is 3. The second-order valence-corrected chi connectivity index (χ2v) is 5.93. The topological polar surface area (TPSA) is 128 Å². The fraction of sp³-hybridized carbons (Fsp3) is 0.211. The molecule has 0 radical (unpaired) electrons. The molecule has 146 valence electrons. The van der Waals surface area contributed by atoms with E-state index >= 15 is 0 Å². The first kappa shape index (κ1) is 20.7. The lowest BCUT2D eigenvalue weighted by molar-refractivity contribution is -0.135. The molecule has 9 heteroatoms. The molecule has 0 aliphatic carbocycles. The molecule has 28 heavy (non-hydrogen) atoms. The van der Waals surface area contributed by atoms with Crippen LogP contribution in [0.3, 0.4) is 0 Å². The Morgan fingerprint density at radius 1 is 1.00 bits per heavy atom. The molecule has 0 unspecified atom stereocenters. The van der Waals surface area contributed by atoms with Gasteiger partial charge in [0.05, 0.1) is 11.9 Å². The molecule has 0 fully saturated rings. The molecular formula is C19H20N4O5. The minimum absolute atomic E-state index is 0.0419. The average molecular weight is 384 g/mol. The van der Waals surface area contributed by atoms with Gasteiger partial charge in [0.15, 0.2) is 6.04 Å². The Hall–Kier alpha value is -3.59. The number of nitrogens with one attached hydrogen (secondary N) is 2. The molecule has 2 rings (SSSR count). The van der Waals surface area contributed by atoms with Crippen molar-refractivity contribution in [1.82, 2.24) is 15.6 Å². The van der Waals surface area contributed by atoms with Crippen LogP contribution >= 0.6 is 0 Å². The summed E-state index contributed by atoms with van der Waals surface area (Å²) in [6.07, 6.45) is 0. The average Bonchev–Trinajstić information content (AvgIpc) is 2.73. The highest BCUT2D eigenvalue weighted by Crippen LogP contribution is 2.21. The summed E-state index contributed by atoms with van der Waals surface area (Å²) < 4.78 is 0. The van der Waals surface area contributed by atoms with Crippen LogP contribution in [0.15, 0.2) is 53.8 Å². The normalized spacial score (nSPS) is 11.2. The molecule has 0 saturated carbocycles. The lowest BCUT2D eigenvalue weighted by Crippen LogP contribution is -2.54. The Morgan fingerprint density at radius 3 is 2.00 bits per heavy atom. The maximum Gasteiger partial charge on any atom is 0.275 e. The largest absolute Gasteiger partial charge is 0.392 e. The van der Waals surface area contributed by atoms with Gasteiger partial charge in [-0.2, -0.15) is 0 Å². The van der Waals surface area contributed by atoms with Gasteiger partial charge in [-0.05, 0) is 28.8 Å². The van der Waals surface area contributed by atoms with Crippen molar-refractivity contribution in [3.05, 3.63) is 64.6 Å². The Bertz CT molecular complexity index is 865. The lowest BCUT2D eigenvalue weighted by atomic mass is 10.0. The number of hydrogen-bond acceptors (Lipinski definition) is 6. The van der Waals surface area contributed by atoms with E-state index in [0.717, 1.165) is 21.6 Å². The van der Waals surface area contributed by atoms with Gasteiger partial charge in [0.1, 0.15) is 0 Å². The molecule has 9 nitrogen and oxygen atoms in total. The Kier molecular flexibility index (Phi) is 6.94. The number of nitrogens with zero attached hydrogens (tertiary/aromatic N) is 2. The highest BCUT2D eigenvalue weighted by atomic mass is 16.3. The Morgan fingerprint density at radius 2 is 1.54 bits per heavy atom. The van der Waals surface area contributed by atoms with E-state index in [9.17, 15) is 19.3 Å². The third kappa shape index (κ3) is 4.57. The van der Waals surface area contributed by atoms with E-state index in [1.54, 1.807) is 41.8 Å². The molecule has 0 aromatic heterocycles. The Balaban J connectivity index is 2.23. The van der Waals surface area contributed by atoms with Gasteiger partial charge < -0.3 is 15.3 Å². The van der Waals surface area contributed by atoms with Gasteiger partial charge >= 0.3 is 0 Å². The first-order valence-electron chi connectivity index (χ1n) is 8.34. The van der Waals surface area contributed by atoms with Gasteiger partial charge in [-0.1, -0.05) is 36.4 Å². The SMILES string of the molecule is CNC(=O)[C@@H](C(=O)NN=O)N(C)C(=O)c1ccc(-c2ccc(CO)cc2)cc1. The summed E-state index contributed by atoms with van der Waals surface area (Å²) in [4.78, 5) is 47.8. The molecule has 1 atom stereocenters. The fourth-order valence-electron chi connectivity index (χ4n) is 2.64. The van der Waals surface area contributed by atoms with Crippen LogP contribution in [-0.4, -0.2) is 47.9 Å². The smallest absolute Gasteiger partial charge is 0.275 e. The molecule has 3 amide bonds. The van der Waals surface area contributed by atoms with E-state index in [1.807, 2.05) is 12.1 Å². The predicted octanol–water partition coefficient (Wildman–Crippen LogP) is 0.830. The van der Waals surface area contributed by atoms with Crippen LogP contribution in [0, 0.1) is 4.91 Å². The fourth-order valence-corrected chi connectivity index (χ4v) is 2.64. The van der Waals surface area contributed by atoms with E-state index in [-0.39, 0.29) is 12.2 Å². The summed E-state index contributed by atoms with van der Waals surface area (Å²) >= 11 is 0. The Labute approximate surface area is 161 Å². The number of aliphatic hydroxyl groups is 1. The van der Waals surface area contributed by atoms with Gasteiger partial charge in [-0.25, -0.2) is 5.43 Å². The minimum atomic E-state index is -1.54. The van der Waals surface area contributed by atoms with Crippen molar-refractivity contribution >= 4 is 17.7 Å². The molecule has 3 N–H and O–H groups in total. The number of rotatable bonds is 7. The van der Waals surface area contributed by atoms with Gasteiger partial charge in [0.2, 0.25) is 0 Å². The first-order chi connectivity index (χ1) is 13.4. The molecule has 2 aromatic carbocycles. The number of aliphatic hydroxyl groups excluding tert-OH is 1. The third-order valence-electron chi connectivity index (χ3n) is 4.21. The van der Waals surface area contributed by atoms with Crippen molar-refractivity contribution in [3.8, 4) is 11.1 Å². The summed E-state index contributed by atoms with van der Waals surface area (Å²) in [7, 11) is 2.60. The number of likely N-dealkylation sites (N-methyl/N-ethyl adjacent to an activating group) is 2. The second-order valence-electron chi connectivity index (χ2n) is 5.93. The maximum absolute atomic E-state index is 12.7. The quantitative estimate of drug-likeness (QED) is 0.370. The molecule has 2 aromatic rings. The third-order valence-corrected chi connectivity index (χ3v) is 4.21. The van der Waals surface area contributed by atoms with E-state index in [2.05, 4.69) is 10.6 Å². The number of benzene rings is 2. The van der Waals surface area contributed by atoms with Gasteiger partial charge in [0.25, 0.3) is 17.7 Å². The summed E-state index contributed by atoms with van der Waals surface area (Å²) in [6.45, 7) is -0.0419. The van der Waals surface area contributed by atoms with Crippen molar-refractivity contribution in [2.24, 2.45) is 5.29 Å². The molecular weight excluding hydrogens is 364 g/mol. The molecule has 0 saturated heterocycles. The summed E-state index contributed by atoms with van der Waals surface area (Å²) in [5, 5.41) is 13.6. The predicted molar refractivity (Wildman–Crippen MR) is 102 cm³/mol. The van der Waals surface area contributed by atoms with Crippen molar-refractivity contribution < 1.29 is 19.5 Å². The molecule has 0 aliphatic heterocycles. The molecule has 0 heterocycles. The summed E-state index contributed by atoms with van der Waals surface area (Å²) in [5.74, 6) is -2.33. The van der Waals surface area contributed by atoms with Crippen LogP contribution in [0.5, 0.6) is 0 Å². The standard InChI is InChI=1S/C19H20N4O5/c1-20-17(25)16(18(26)21-22-28)23(2)19(27)15-9-7-14(8-10-15)13-5-3-12(11-24)4-6-13/h3-10,16,24H,11H2,1-2H3,(H,20,25)(H,21,26,28)/t16-/m0/s1. The number of nitroso groups, excluding NO2 is 1. The highest BCUT2D eigenvalue weighted by Gasteiger charge is 2.33. The van der Waals surface area contributed by atoms with E-state index in [0.29, 0.717) is 0 Å². The van der Waals surface area contributed by atoms with Gasteiger partial charge in [-0.3, -0.25) is 14.4 Å². The van der Waals surface area contributed by atoms with Crippen molar-refractivity contribution in [3.63, 3.8) is 0 Å². The van der Waals surface area contributed by atoms with Gasteiger partial charge in [0, 0.05) is 19.7 Å². The van der Waals surface area contributed by atoms with Crippen molar-refractivity contribution in [2.45, 2.75) is 12.6 Å². The van der Waals surface area contributed by atoms with Crippen LogP contribution < -0.4 is 10.7 Å². The summed E-state index contributed by atoms with van der Waals surface area (Å²) in [5.41, 5.74) is 4.46. The monoisotopic (exact) mass is 384 g/mol. The van der Waals surface area contributed by atoms with Crippen LogP contribution in [0.25, 0.3) is 11.1 Å². The second kappa shape index (κ2) is 9.38. The highest BCUT2D eigenvalue weighted by molar-refractivity contribution is 6.08. The van der Waals surface area contributed by atoms with Crippen LogP contribution in [0.2, 0.25) is 0 Å². The zero-order valence-electron chi connectivity index (χ0n) is 15.4. The van der Waals surface area contributed by atoms with E-state index < -0.39 is 23.8 Å². The van der Waals surface area contributed by atoms with Crippen molar-refractivity contribution in [2.75, 3.05) is 14.1 Å². The molecule has 0 spiro atoms. The van der Waals surface area contributed by atoms with Crippen LogP contribution in [0.4, 0.5) is 0 Å².